The molecule has 3 heterocycles. The van der Waals surface area contributed by atoms with Gasteiger partial charge in [-0.2, -0.15) is 0 Å². The molecule has 255 valence electrons. The van der Waals surface area contributed by atoms with Crippen LogP contribution in [-0.2, 0) is 26.5 Å². The molecule has 0 amide bonds. The number of benzene rings is 5. The van der Waals surface area contributed by atoms with E-state index < -0.39 is 20.3 Å². The average molecular weight is 860 g/mol. The summed E-state index contributed by atoms with van der Waals surface area (Å²) in [6.45, 7) is 8.59. The maximum atomic E-state index is 8.93. The number of hydrogen-bond donors (Lipinski definition) is 0. The van der Waals surface area contributed by atoms with Crippen LogP contribution in [0.3, 0.4) is 0 Å². The van der Waals surface area contributed by atoms with Gasteiger partial charge in [-0.25, -0.2) is 0 Å². The fourth-order valence-electron chi connectivity index (χ4n) is 6.02. The van der Waals surface area contributed by atoms with E-state index in [1.807, 2.05) is 141 Å². The van der Waals surface area contributed by atoms with Crippen LogP contribution in [0.2, 0.25) is 19.6 Å². The van der Waals surface area contributed by atoms with E-state index in [1.165, 1.54) is 0 Å². The van der Waals surface area contributed by atoms with Crippen LogP contribution in [-0.4, -0.2) is 18.0 Å². The molecule has 5 heteroatoms. The van der Waals surface area contributed by atoms with Gasteiger partial charge in [-0.1, -0.05) is 129 Å². The van der Waals surface area contributed by atoms with Gasteiger partial charge in [0, 0.05) is 47.9 Å². The number of fused-ring (bicyclic) bond motifs is 3. The molecule has 0 spiro atoms. The first kappa shape index (κ1) is 32.0. The number of para-hydroxylation sites is 1. The Balaban J connectivity index is 0.000000182. The van der Waals surface area contributed by atoms with Crippen molar-refractivity contribution in [1.29, 1.82) is 0 Å². The third-order valence-electron chi connectivity index (χ3n) is 8.74. The number of furan rings is 1. The maximum Gasteiger partial charge on any atom is 0.120 e. The van der Waals surface area contributed by atoms with Gasteiger partial charge in [0.05, 0.1) is 13.7 Å². The van der Waals surface area contributed by atoms with E-state index in [2.05, 4.69) is 53.9 Å². The van der Waals surface area contributed by atoms with Gasteiger partial charge in [0.1, 0.15) is 5.58 Å². The van der Waals surface area contributed by atoms with E-state index in [9.17, 15) is 0 Å². The summed E-state index contributed by atoms with van der Waals surface area (Å²) in [4.78, 5) is 9.16. The minimum Gasteiger partial charge on any atom is -0.500 e. The molecule has 3 nitrogen and oxygen atoms in total. The largest absolute Gasteiger partial charge is 0.500 e. The fraction of sp³-hybridized carbons (Fsp3) is 0.130. The Morgan fingerprint density at radius 3 is 2.16 bits per heavy atom. The zero-order valence-corrected chi connectivity index (χ0v) is 32.5. The van der Waals surface area contributed by atoms with Gasteiger partial charge >= 0.3 is 0 Å². The van der Waals surface area contributed by atoms with Crippen LogP contribution in [0.1, 0.15) is 39.2 Å². The van der Waals surface area contributed by atoms with E-state index in [1.54, 1.807) is 6.20 Å². The number of hydrogen-bond acceptors (Lipinski definition) is 3. The van der Waals surface area contributed by atoms with Crippen LogP contribution in [0.5, 0.6) is 0 Å². The molecule has 5 aromatic carbocycles. The van der Waals surface area contributed by atoms with E-state index in [-0.39, 0.29) is 20.1 Å². The molecule has 1 radical (unpaired) electrons. The normalized spacial score (nSPS) is 13.5. The van der Waals surface area contributed by atoms with Crippen molar-refractivity contribution in [3.8, 4) is 22.5 Å². The Morgan fingerprint density at radius 2 is 1.41 bits per heavy atom. The fourth-order valence-corrected chi connectivity index (χ4v) is 7.41. The number of nitrogens with zero attached hydrogens (tertiary/aromatic N) is 2. The van der Waals surface area contributed by atoms with Crippen molar-refractivity contribution in [3.05, 3.63) is 186 Å². The Morgan fingerprint density at radius 1 is 0.706 bits per heavy atom. The van der Waals surface area contributed by atoms with Crippen LogP contribution in [0.15, 0.2) is 156 Å². The third kappa shape index (κ3) is 8.35. The summed E-state index contributed by atoms with van der Waals surface area (Å²) < 4.78 is 32.5. The summed E-state index contributed by atoms with van der Waals surface area (Å²) in [5.41, 5.74) is 8.27. The summed E-state index contributed by atoms with van der Waals surface area (Å²) in [5.74, 6) is -0.856. The second-order valence-electron chi connectivity index (χ2n) is 13.3. The van der Waals surface area contributed by atoms with Crippen LogP contribution >= 0.6 is 0 Å². The molecule has 1 unspecified atom stereocenters. The number of rotatable bonds is 7. The van der Waals surface area contributed by atoms with Gasteiger partial charge in [-0.05, 0) is 51.8 Å². The first-order chi connectivity index (χ1) is 25.4. The third-order valence-corrected chi connectivity index (χ3v) is 10.7. The monoisotopic (exact) mass is 860 g/mol. The molecule has 0 N–H and O–H groups in total. The Labute approximate surface area is 320 Å². The van der Waals surface area contributed by atoms with Crippen molar-refractivity contribution in [2.45, 2.75) is 38.8 Å². The maximum absolute atomic E-state index is 8.93. The SMILES string of the molecule is [2H]C(C)(c1ccccc1)c1ccnc(-c2[c-]cc3oc4ccccc4c3c2)c1.[2H]C([2H])(c1ccccc1)c1cc(-c2[c-]cccc2)ncc1[Si](C)(C)C.[Ir]. The average Bonchev–Trinajstić information content (AvgIpc) is 3.57. The topological polar surface area (TPSA) is 38.9 Å². The van der Waals surface area contributed by atoms with Crippen molar-refractivity contribution < 1.29 is 28.6 Å². The zero-order chi connectivity index (χ0) is 37.2. The van der Waals surface area contributed by atoms with Crippen LogP contribution < -0.4 is 5.19 Å². The molecule has 8 aromatic rings. The molecule has 0 fully saturated rings. The van der Waals surface area contributed by atoms with E-state index in [4.69, 9.17) is 8.53 Å². The van der Waals surface area contributed by atoms with Crippen LogP contribution in [0.25, 0.3) is 44.5 Å². The second kappa shape index (κ2) is 16.0. The van der Waals surface area contributed by atoms with E-state index in [0.717, 1.165) is 66.3 Å². The van der Waals surface area contributed by atoms with Crippen molar-refractivity contribution in [3.63, 3.8) is 0 Å². The molecule has 3 aromatic heterocycles. The predicted octanol–water partition coefficient (Wildman–Crippen LogP) is 11.3. The molecular formula is C46H40IrN2OSi-2. The van der Waals surface area contributed by atoms with Crippen molar-refractivity contribution in [2.24, 2.45) is 0 Å². The molecule has 51 heavy (non-hydrogen) atoms. The molecule has 0 aliphatic rings. The van der Waals surface area contributed by atoms with Gasteiger partial charge in [0.15, 0.2) is 0 Å². The van der Waals surface area contributed by atoms with Crippen molar-refractivity contribution >= 4 is 35.2 Å². The molecule has 0 aliphatic carbocycles. The number of pyridine rings is 2. The minimum atomic E-state index is -1.76. The summed E-state index contributed by atoms with van der Waals surface area (Å²) in [5, 5.41) is 3.19. The van der Waals surface area contributed by atoms with Crippen LogP contribution in [0, 0.1) is 12.1 Å². The Bertz CT molecular complexity index is 2500. The number of aromatic nitrogens is 2. The Hall–Kier alpha value is -4.93. The smallest absolute Gasteiger partial charge is 0.120 e. The molecule has 0 saturated heterocycles. The van der Waals surface area contributed by atoms with Gasteiger partial charge in [0.2, 0.25) is 0 Å². The summed E-state index contributed by atoms with van der Waals surface area (Å²) >= 11 is 0. The van der Waals surface area contributed by atoms with Crippen molar-refractivity contribution in [2.75, 3.05) is 0 Å². The molecule has 1 atom stereocenters. The zero-order valence-electron chi connectivity index (χ0n) is 32.1. The first-order valence-electron chi connectivity index (χ1n) is 18.3. The predicted molar refractivity (Wildman–Crippen MR) is 210 cm³/mol. The van der Waals surface area contributed by atoms with E-state index >= 15 is 0 Å². The molecule has 0 bridgehead atoms. The summed E-state index contributed by atoms with van der Waals surface area (Å²) in [6.07, 6.45) is 2.08. The molecule has 0 aliphatic heterocycles. The Kier molecular flexibility index (Phi) is 10.0. The minimum absolute atomic E-state index is 0. The van der Waals surface area contributed by atoms with E-state index in [0.29, 0.717) is 5.56 Å². The standard InChI is InChI=1S/C25H18NO.C21H22NSi.Ir/c1-17(18-7-3-2-4-8-18)19-13-14-26-23(16-19)20-11-12-25-22(15-20)21-9-5-6-10-24(21)27-25;1-23(2,3)21-16-22-20(18-12-8-5-9-13-18)15-19(21)14-17-10-6-4-7-11-17;/h2-10,12-17H,1H3;4-12,15-16H,14H2,1-3H3;/q2*-1;/i17D;14D2;. The molecule has 0 saturated carbocycles. The van der Waals surface area contributed by atoms with Gasteiger partial charge in [0.25, 0.3) is 0 Å². The van der Waals surface area contributed by atoms with Gasteiger partial charge in [-0.3, -0.25) is 0 Å². The summed E-state index contributed by atoms with van der Waals surface area (Å²) in [6, 6.07) is 51.2. The first-order valence-corrected chi connectivity index (χ1v) is 20.3. The summed E-state index contributed by atoms with van der Waals surface area (Å²) in [7, 11) is -1.76. The van der Waals surface area contributed by atoms with Gasteiger partial charge in [-0.15, -0.1) is 59.7 Å². The van der Waals surface area contributed by atoms with Gasteiger partial charge < -0.3 is 14.4 Å². The molecule has 8 rings (SSSR count). The molecular weight excluding hydrogens is 817 g/mol. The van der Waals surface area contributed by atoms with Crippen molar-refractivity contribution in [1.82, 2.24) is 9.97 Å². The quantitative estimate of drug-likeness (QED) is 0.118. The van der Waals surface area contributed by atoms with Crippen LogP contribution in [0.4, 0.5) is 0 Å². The second-order valence-corrected chi connectivity index (χ2v) is 18.3.